The van der Waals surface area contributed by atoms with Crippen LogP contribution in [0.4, 0.5) is 5.13 Å². The van der Waals surface area contributed by atoms with Crippen LogP contribution in [0.15, 0.2) is 23.2 Å². The smallest absolute Gasteiger partial charge is 0.293 e. The summed E-state index contributed by atoms with van der Waals surface area (Å²) in [7, 11) is 2.36. The second-order valence-corrected chi connectivity index (χ2v) is 9.37. The van der Waals surface area contributed by atoms with Crippen molar-refractivity contribution in [1.29, 1.82) is 0 Å². The summed E-state index contributed by atoms with van der Waals surface area (Å²) in [6.07, 6.45) is 5.60. The summed E-state index contributed by atoms with van der Waals surface area (Å²) in [5.74, 6) is 0.497. The molecule has 6 rings (SSSR count). The molecule has 3 N–H and O–H groups in total. The van der Waals surface area contributed by atoms with Gasteiger partial charge in [-0.2, -0.15) is 0 Å². The molecule has 1 aromatic heterocycles. The zero-order valence-corrected chi connectivity index (χ0v) is 15.7. The SMILES string of the molecule is BC12CCC(CC1)[C@@]1(C2)OC(Nc2nc3c(Cl)cccc3s2)=NC1N. The number of amidine groups is 1. The van der Waals surface area contributed by atoms with E-state index in [1.807, 2.05) is 18.2 Å². The lowest BCUT2D eigenvalue weighted by atomic mass is 9.46. The molecule has 5 nitrogen and oxygen atoms in total. The number of halogens is 1. The van der Waals surface area contributed by atoms with Crippen LogP contribution in [-0.2, 0) is 4.74 Å². The van der Waals surface area contributed by atoms with Gasteiger partial charge >= 0.3 is 0 Å². The quantitative estimate of drug-likeness (QED) is 0.752. The number of rotatable bonds is 1. The summed E-state index contributed by atoms with van der Waals surface area (Å²) < 4.78 is 7.42. The van der Waals surface area contributed by atoms with E-state index < -0.39 is 0 Å². The number of ether oxygens (including phenoxy) is 1. The lowest BCUT2D eigenvalue weighted by Crippen LogP contribution is -2.58. The third-order valence-corrected chi connectivity index (χ3v) is 7.46. The van der Waals surface area contributed by atoms with Gasteiger partial charge in [0.25, 0.3) is 6.02 Å². The summed E-state index contributed by atoms with van der Waals surface area (Å²) in [4.78, 5) is 9.17. The summed E-state index contributed by atoms with van der Waals surface area (Å²) in [6, 6.07) is 6.29. The van der Waals surface area contributed by atoms with Crippen LogP contribution in [0.5, 0.6) is 0 Å². The average molecular weight is 375 g/mol. The third-order valence-electron chi connectivity index (χ3n) is 6.21. The van der Waals surface area contributed by atoms with Gasteiger partial charge < -0.3 is 10.5 Å². The number of nitrogens with one attached hydrogen (secondary N) is 1. The lowest BCUT2D eigenvalue weighted by molar-refractivity contribution is -0.0796. The molecule has 3 aliphatic carbocycles. The van der Waals surface area contributed by atoms with Crippen molar-refractivity contribution in [3.63, 3.8) is 0 Å². The van der Waals surface area contributed by atoms with Crippen molar-refractivity contribution in [1.82, 2.24) is 4.98 Å². The number of thiazole rings is 1. The molecule has 2 bridgehead atoms. The van der Waals surface area contributed by atoms with E-state index in [2.05, 4.69) is 23.1 Å². The molecule has 3 fully saturated rings. The van der Waals surface area contributed by atoms with Gasteiger partial charge in [-0.15, -0.1) is 0 Å². The molecule has 1 aromatic carbocycles. The monoisotopic (exact) mass is 374 g/mol. The Morgan fingerprint density at radius 1 is 1.36 bits per heavy atom. The number of para-hydroxylation sites is 1. The molecule has 2 aromatic rings. The molecular formula is C17H20BClN4OS. The van der Waals surface area contributed by atoms with Crippen LogP contribution in [0.1, 0.15) is 32.1 Å². The van der Waals surface area contributed by atoms with Crippen molar-refractivity contribution in [3.05, 3.63) is 23.2 Å². The standard InChI is InChI=1S/C17H20BClN4OS/c18-16-6-4-9(5-7-16)17(8-16)13(20)22-14(24-17)23-15-21-12-10(19)2-1-3-11(12)25-15/h1-3,9,13H,4-8,18,20H2,(H,21,22,23)/t9?,13?,16?,17-/m1/s1. The van der Waals surface area contributed by atoms with Gasteiger partial charge in [0.15, 0.2) is 10.7 Å². The molecule has 1 aliphatic heterocycles. The van der Waals surface area contributed by atoms with Crippen molar-refractivity contribution < 1.29 is 4.74 Å². The minimum absolute atomic E-state index is 0.308. The Balaban J connectivity index is 1.41. The Morgan fingerprint density at radius 2 is 2.16 bits per heavy atom. The van der Waals surface area contributed by atoms with Crippen LogP contribution >= 0.6 is 22.9 Å². The third kappa shape index (κ3) is 2.40. The second-order valence-electron chi connectivity index (χ2n) is 7.93. The average Bonchev–Trinajstić information content (AvgIpc) is 3.10. The summed E-state index contributed by atoms with van der Waals surface area (Å²) in [5, 5.41) is 4.95. The maximum atomic E-state index is 6.44. The maximum Gasteiger partial charge on any atom is 0.293 e. The summed E-state index contributed by atoms with van der Waals surface area (Å²) in [6.45, 7) is 0. The fraction of sp³-hybridized carbons (Fsp3) is 0.529. The van der Waals surface area contributed by atoms with Crippen LogP contribution in [-0.4, -0.2) is 30.6 Å². The van der Waals surface area contributed by atoms with Gasteiger partial charge in [-0.25, -0.2) is 9.98 Å². The molecule has 2 heterocycles. The zero-order valence-electron chi connectivity index (χ0n) is 14.1. The van der Waals surface area contributed by atoms with Crippen molar-refractivity contribution >= 4 is 52.2 Å². The molecule has 0 radical (unpaired) electrons. The number of benzene rings is 1. The minimum atomic E-state index is -0.345. The van der Waals surface area contributed by atoms with Gasteiger partial charge in [0, 0.05) is 5.92 Å². The number of nitrogens with two attached hydrogens (primary N) is 1. The number of aromatic nitrogens is 1. The predicted molar refractivity (Wildman–Crippen MR) is 105 cm³/mol. The predicted octanol–water partition coefficient (Wildman–Crippen LogP) is 3.16. The molecule has 25 heavy (non-hydrogen) atoms. The highest BCUT2D eigenvalue weighted by Crippen LogP contribution is 2.60. The first kappa shape index (κ1) is 15.9. The van der Waals surface area contributed by atoms with Crippen molar-refractivity contribution in [3.8, 4) is 0 Å². The summed E-state index contributed by atoms with van der Waals surface area (Å²) in [5.41, 5.74) is 6.90. The normalized spacial score (nSPS) is 36.6. The molecule has 8 heteroatoms. The van der Waals surface area contributed by atoms with Crippen LogP contribution in [0.2, 0.25) is 10.3 Å². The van der Waals surface area contributed by atoms with Crippen LogP contribution in [0.25, 0.3) is 10.2 Å². The Bertz CT molecular complexity index is 879. The number of fused-ring (bicyclic) bond motifs is 3. The van der Waals surface area contributed by atoms with Gasteiger partial charge in [0.05, 0.1) is 9.72 Å². The van der Waals surface area contributed by atoms with Crippen molar-refractivity contribution in [2.75, 3.05) is 5.32 Å². The Kier molecular flexibility index (Phi) is 3.40. The number of aliphatic imine (C=N–C) groups is 1. The van der Waals surface area contributed by atoms with Crippen LogP contribution in [0, 0.1) is 5.92 Å². The van der Waals surface area contributed by atoms with Gasteiger partial charge in [-0.1, -0.05) is 47.2 Å². The van der Waals surface area contributed by atoms with E-state index in [0.717, 1.165) is 21.8 Å². The second kappa shape index (κ2) is 5.35. The number of nitrogens with zero attached hydrogens (tertiary/aromatic N) is 2. The van der Waals surface area contributed by atoms with Gasteiger partial charge in [-0.05, 0) is 31.4 Å². The molecule has 1 spiro atoms. The Labute approximate surface area is 156 Å². The largest absolute Gasteiger partial charge is 0.454 e. The van der Waals surface area contributed by atoms with E-state index >= 15 is 0 Å². The number of hydrogen-bond acceptors (Lipinski definition) is 6. The van der Waals surface area contributed by atoms with Crippen LogP contribution in [0.3, 0.4) is 0 Å². The first-order chi connectivity index (χ1) is 12.0. The van der Waals surface area contributed by atoms with E-state index in [4.69, 9.17) is 22.1 Å². The molecule has 0 amide bonds. The van der Waals surface area contributed by atoms with E-state index in [-0.39, 0.29) is 11.8 Å². The van der Waals surface area contributed by atoms with Gasteiger partial charge in [-0.3, -0.25) is 5.32 Å². The van der Waals surface area contributed by atoms with E-state index in [1.54, 1.807) is 11.3 Å². The Morgan fingerprint density at radius 3 is 2.88 bits per heavy atom. The molecule has 130 valence electrons. The Hall–Kier alpha value is -1.31. The molecule has 1 unspecified atom stereocenters. The number of hydrogen-bond donors (Lipinski definition) is 2. The first-order valence-corrected chi connectivity index (χ1v) is 10.0. The van der Waals surface area contributed by atoms with E-state index in [1.165, 1.54) is 25.7 Å². The van der Waals surface area contributed by atoms with Gasteiger partial charge in [0.1, 0.15) is 19.5 Å². The summed E-state index contributed by atoms with van der Waals surface area (Å²) >= 11 is 7.76. The van der Waals surface area contributed by atoms with E-state index in [0.29, 0.717) is 22.3 Å². The van der Waals surface area contributed by atoms with E-state index in [9.17, 15) is 0 Å². The highest BCUT2D eigenvalue weighted by molar-refractivity contribution is 7.22. The molecular weight excluding hydrogens is 355 g/mol. The van der Waals surface area contributed by atoms with Crippen LogP contribution < -0.4 is 11.1 Å². The van der Waals surface area contributed by atoms with Gasteiger partial charge in [0.2, 0.25) is 0 Å². The minimum Gasteiger partial charge on any atom is -0.454 e. The molecule has 0 saturated heterocycles. The zero-order chi connectivity index (χ0) is 17.2. The van der Waals surface area contributed by atoms with Crippen molar-refractivity contribution in [2.45, 2.75) is 49.2 Å². The fourth-order valence-corrected chi connectivity index (χ4v) is 6.03. The molecule has 3 saturated carbocycles. The molecule has 2 atom stereocenters. The highest BCUT2D eigenvalue weighted by Gasteiger charge is 2.59. The maximum absolute atomic E-state index is 6.44. The molecule has 4 aliphatic rings. The van der Waals surface area contributed by atoms with Crippen molar-refractivity contribution in [2.24, 2.45) is 16.6 Å². The fourth-order valence-electron chi connectivity index (χ4n) is 4.88. The topological polar surface area (TPSA) is 72.5 Å². The highest BCUT2D eigenvalue weighted by atomic mass is 35.5. The lowest BCUT2D eigenvalue weighted by Gasteiger charge is -2.55. The number of anilines is 1. The first-order valence-electron chi connectivity index (χ1n) is 8.82.